The molecule has 2 aliphatic heterocycles. The quantitative estimate of drug-likeness (QED) is 0.607. The summed E-state index contributed by atoms with van der Waals surface area (Å²) in [5, 5.41) is 3.95. The summed E-state index contributed by atoms with van der Waals surface area (Å²) in [4.78, 5) is 8.80. The van der Waals surface area contributed by atoms with Crippen LogP contribution in [0, 0.1) is 6.92 Å². The molecule has 0 bridgehead atoms. The van der Waals surface area contributed by atoms with Crippen LogP contribution in [0.1, 0.15) is 30.1 Å². The van der Waals surface area contributed by atoms with E-state index >= 15 is 0 Å². The van der Waals surface area contributed by atoms with Gasteiger partial charge in [-0.2, -0.15) is 4.31 Å². The second kappa shape index (κ2) is 7.93. The van der Waals surface area contributed by atoms with Crippen LogP contribution < -0.4 is 9.47 Å². The maximum absolute atomic E-state index is 13.4. The molecule has 0 radical (unpaired) electrons. The van der Waals surface area contributed by atoms with E-state index < -0.39 is 10.0 Å². The van der Waals surface area contributed by atoms with Crippen LogP contribution in [0.4, 0.5) is 0 Å². The number of aromatic nitrogens is 3. The third-order valence-corrected chi connectivity index (χ3v) is 7.42. The highest BCUT2D eigenvalue weighted by molar-refractivity contribution is 7.89. The van der Waals surface area contributed by atoms with Crippen LogP contribution in [0.5, 0.6) is 11.5 Å². The van der Waals surface area contributed by atoms with Gasteiger partial charge in [0, 0.05) is 37.3 Å². The van der Waals surface area contributed by atoms with Crippen molar-refractivity contribution in [3.8, 4) is 22.8 Å². The highest BCUT2D eigenvalue weighted by Gasteiger charge is 2.33. The molecule has 162 valence electrons. The van der Waals surface area contributed by atoms with E-state index in [0.717, 1.165) is 29.8 Å². The molecule has 1 saturated heterocycles. The van der Waals surface area contributed by atoms with Gasteiger partial charge in [-0.15, -0.1) is 0 Å². The largest absolute Gasteiger partial charge is 0.486 e. The van der Waals surface area contributed by atoms with E-state index in [0.29, 0.717) is 43.6 Å². The SMILES string of the molecule is Cc1cc(-c2cncnc2[C@H]2CCCN(S(=O)(=O)c3ccc4c(c3)OCCO4)C2)on1. The van der Waals surface area contributed by atoms with Gasteiger partial charge >= 0.3 is 0 Å². The summed E-state index contributed by atoms with van der Waals surface area (Å²) in [6.07, 6.45) is 4.73. The van der Waals surface area contributed by atoms with Crippen molar-refractivity contribution in [3.63, 3.8) is 0 Å². The standard InChI is InChI=1S/C21H22N4O5S/c1-14-9-19(30-24-14)17-11-22-13-23-21(17)15-3-2-6-25(12-15)31(26,27)16-4-5-18-20(10-16)29-8-7-28-18/h4-5,9-11,13,15H,2-3,6-8,12H2,1H3/t15-/m0/s1. The fraction of sp³-hybridized carbons (Fsp3) is 0.381. The first-order valence-corrected chi connectivity index (χ1v) is 11.6. The molecule has 3 aromatic rings. The van der Waals surface area contributed by atoms with Crippen molar-refractivity contribution in [2.24, 2.45) is 0 Å². The number of benzene rings is 1. The van der Waals surface area contributed by atoms with Crippen molar-refractivity contribution in [1.29, 1.82) is 0 Å². The lowest BCUT2D eigenvalue weighted by atomic mass is 9.92. The molecule has 5 rings (SSSR count). The molecule has 2 aliphatic rings. The number of sulfonamides is 1. The number of fused-ring (bicyclic) bond motifs is 1. The van der Waals surface area contributed by atoms with Gasteiger partial charge < -0.3 is 14.0 Å². The molecule has 9 nitrogen and oxygen atoms in total. The molecule has 0 unspecified atom stereocenters. The lowest BCUT2D eigenvalue weighted by Gasteiger charge is -2.32. The third kappa shape index (κ3) is 3.77. The lowest BCUT2D eigenvalue weighted by Crippen LogP contribution is -2.39. The Hall–Kier alpha value is -2.98. The summed E-state index contributed by atoms with van der Waals surface area (Å²) in [6.45, 7) is 3.49. The Morgan fingerprint density at radius 2 is 1.97 bits per heavy atom. The molecule has 31 heavy (non-hydrogen) atoms. The Bertz CT molecular complexity index is 1210. The smallest absolute Gasteiger partial charge is 0.243 e. The Kier molecular flexibility index (Phi) is 5.11. The Balaban J connectivity index is 1.44. The van der Waals surface area contributed by atoms with Crippen LogP contribution >= 0.6 is 0 Å². The number of rotatable bonds is 4. The fourth-order valence-corrected chi connectivity index (χ4v) is 5.60. The van der Waals surface area contributed by atoms with E-state index in [1.807, 2.05) is 13.0 Å². The molecule has 0 N–H and O–H groups in total. The molecule has 0 aliphatic carbocycles. The van der Waals surface area contributed by atoms with Gasteiger partial charge in [0.05, 0.1) is 21.8 Å². The summed E-state index contributed by atoms with van der Waals surface area (Å²) in [6, 6.07) is 6.59. The molecule has 1 aromatic carbocycles. The minimum atomic E-state index is -3.69. The number of aryl methyl sites for hydroxylation is 1. The van der Waals surface area contributed by atoms with Gasteiger partial charge in [-0.05, 0) is 31.9 Å². The second-order valence-electron chi connectivity index (χ2n) is 7.66. The minimum absolute atomic E-state index is 0.0795. The molecule has 2 aromatic heterocycles. The van der Waals surface area contributed by atoms with E-state index in [1.165, 1.54) is 10.6 Å². The first kappa shape index (κ1) is 20.0. The van der Waals surface area contributed by atoms with Gasteiger partial charge in [-0.1, -0.05) is 5.16 Å². The first-order valence-electron chi connectivity index (χ1n) is 10.2. The van der Waals surface area contributed by atoms with Crippen molar-refractivity contribution in [2.75, 3.05) is 26.3 Å². The predicted molar refractivity (Wildman–Crippen MR) is 110 cm³/mol. The highest BCUT2D eigenvalue weighted by atomic mass is 32.2. The molecule has 4 heterocycles. The van der Waals surface area contributed by atoms with Crippen LogP contribution in [0.2, 0.25) is 0 Å². The average molecular weight is 442 g/mol. The molecular formula is C21H22N4O5S. The Morgan fingerprint density at radius 3 is 2.77 bits per heavy atom. The molecule has 0 spiro atoms. The van der Waals surface area contributed by atoms with Gasteiger partial charge in [0.1, 0.15) is 19.5 Å². The van der Waals surface area contributed by atoms with Crippen LogP contribution in [0.15, 0.2) is 46.2 Å². The molecular weight excluding hydrogens is 420 g/mol. The van der Waals surface area contributed by atoms with Gasteiger partial charge in [0.25, 0.3) is 0 Å². The normalized spacial score (nSPS) is 19.3. The van der Waals surface area contributed by atoms with Crippen molar-refractivity contribution >= 4 is 10.0 Å². The Morgan fingerprint density at radius 1 is 1.13 bits per heavy atom. The fourth-order valence-electron chi connectivity index (χ4n) is 4.06. The van der Waals surface area contributed by atoms with Gasteiger partial charge in [0.2, 0.25) is 10.0 Å². The summed E-state index contributed by atoms with van der Waals surface area (Å²) in [5.41, 5.74) is 2.27. The third-order valence-electron chi connectivity index (χ3n) is 5.56. The van der Waals surface area contributed by atoms with Gasteiger partial charge in [-0.3, -0.25) is 0 Å². The molecule has 0 saturated carbocycles. The summed E-state index contributed by atoms with van der Waals surface area (Å²) < 4.78 is 44.8. The van der Waals surface area contributed by atoms with Crippen LogP contribution in [-0.4, -0.2) is 54.2 Å². The summed E-state index contributed by atoms with van der Waals surface area (Å²) in [7, 11) is -3.69. The number of nitrogens with zero attached hydrogens (tertiary/aromatic N) is 4. The number of hydrogen-bond acceptors (Lipinski definition) is 8. The maximum atomic E-state index is 13.4. The number of ether oxygens (including phenoxy) is 2. The zero-order chi connectivity index (χ0) is 21.4. The molecule has 1 atom stereocenters. The molecule has 0 amide bonds. The van der Waals surface area contributed by atoms with Crippen LogP contribution in [0.25, 0.3) is 11.3 Å². The minimum Gasteiger partial charge on any atom is -0.486 e. The maximum Gasteiger partial charge on any atom is 0.243 e. The predicted octanol–water partition coefficient (Wildman–Crippen LogP) is 2.78. The molecule has 10 heteroatoms. The van der Waals surface area contributed by atoms with E-state index in [1.54, 1.807) is 24.4 Å². The number of piperidine rings is 1. The topological polar surface area (TPSA) is 108 Å². The number of hydrogen-bond donors (Lipinski definition) is 0. The van der Waals surface area contributed by atoms with E-state index in [9.17, 15) is 8.42 Å². The summed E-state index contributed by atoms with van der Waals surface area (Å²) >= 11 is 0. The van der Waals surface area contributed by atoms with Crippen molar-refractivity contribution in [3.05, 3.63) is 48.2 Å². The van der Waals surface area contributed by atoms with Gasteiger partial charge in [0.15, 0.2) is 17.3 Å². The van der Waals surface area contributed by atoms with Crippen LogP contribution in [-0.2, 0) is 10.0 Å². The zero-order valence-corrected chi connectivity index (χ0v) is 17.8. The van der Waals surface area contributed by atoms with Crippen molar-refractivity contribution in [2.45, 2.75) is 30.6 Å². The Labute approximate surface area is 180 Å². The zero-order valence-electron chi connectivity index (χ0n) is 17.0. The first-order chi connectivity index (χ1) is 15.0. The van der Waals surface area contributed by atoms with Gasteiger partial charge in [-0.25, -0.2) is 18.4 Å². The van der Waals surface area contributed by atoms with Crippen LogP contribution in [0.3, 0.4) is 0 Å². The van der Waals surface area contributed by atoms with E-state index in [4.69, 9.17) is 14.0 Å². The molecule has 1 fully saturated rings. The van der Waals surface area contributed by atoms with Crippen molar-refractivity contribution < 1.29 is 22.4 Å². The van der Waals surface area contributed by atoms with E-state index in [2.05, 4.69) is 15.1 Å². The second-order valence-corrected chi connectivity index (χ2v) is 9.60. The lowest BCUT2D eigenvalue weighted by molar-refractivity contribution is 0.171. The summed E-state index contributed by atoms with van der Waals surface area (Å²) in [5.74, 6) is 1.53. The van der Waals surface area contributed by atoms with Crippen molar-refractivity contribution in [1.82, 2.24) is 19.4 Å². The highest BCUT2D eigenvalue weighted by Crippen LogP contribution is 2.37. The average Bonchev–Trinajstić information content (AvgIpc) is 3.25. The van der Waals surface area contributed by atoms with E-state index in [-0.39, 0.29) is 10.8 Å². The monoisotopic (exact) mass is 442 g/mol.